The Balaban J connectivity index is 2.33. The van der Waals surface area contributed by atoms with Crippen LogP contribution in [0.1, 0.15) is 51.4 Å². The molecule has 1 saturated carbocycles. The van der Waals surface area contributed by atoms with Crippen LogP contribution in [-0.4, -0.2) is 36.9 Å². The summed E-state index contributed by atoms with van der Waals surface area (Å²) >= 11 is 0. The number of rotatable bonds is 7. The molecule has 1 unspecified atom stereocenters. The fourth-order valence-electron chi connectivity index (χ4n) is 2.44. The van der Waals surface area contributed by atoms with Crippen LogP contribution in [0, 0.1) is 0 Å². The average molecular weight is 243 g/mol. The van der Waals surface area contributed by atoms with Gasteiger partial charge in [-0.3, -0.25) is 4.79 Å². The Morgan fingerprint density at radius 2 is 2.00 bits per heavy atom. The predicted octanol–water partition coefficient (Wildman–Crippen LogP) is 2.18. The average Bonchev–Trinajstić information content (AvgIpc) is 2.56. The van der Waals surface area contributed by atoms with Crippen molar-refractivity contribution >= 4 is 5.97 Å². The number of hydrogen-bond acceptors (Lipinski definition) is 3. The van der Waals surface area contributed by atoms with Gasteiger partial charge in [-0.2, -0.15) is 0 Å². The van der Waals surface area contributed by atoms with Gasteiger partial charge in [-0.05, 0) is 25.7 Å². The van der Waals surface area contributed by atoms with Crippen LogP contribution in [0.25, 0.3) is 0 Å². The van der Waals surface area contributed by atoms with Crippen molar-refractivity contribution in [1.82, 2.24) is 5.32 Å². The van der Waals surface area contributed by atoms with Gasteiger partial charge < -0.3 is 15.2 Å². The molecule has 0 radical (unpaired) electrons. The highest BCUT2D eigenvalue weighted by Gasteiger charge is 2.21. The molecule has 1 atom stereocenters. The highest BCUT2D eigenvalue weighted by molar-refractivity contribution is 5.73. The summed E-state index contributed by atoms with van der Waals surface area (Å²) < 4.78 is 4.96. The molecule has 0 amide bonds. The van der Waals surface area contributed by atoms with E-state index in [0.717, 1.165) is 19.3 Å². The summed E-state index contributed by atoms with van der Waals surface area (Å²) in [5.74, 6) is -0.731. The molecular weight excluding hydrogens is 218 g/mol. The minimum absolute atomic E-state index is 0.390. The van der Waals surface area contributed by atoms with Crippen molar-refractivity contribution in [3.8, 4) is 0 Å². The molecule has 0 aromatic heterocycles. The van der Waals surface area contributed by atoms with Crippen LogP contribution in [-0.2, 0) is 9.53 Å². The lowest BCUT2D eigenvalue weighted by Crippen LogP contribution is -2.43. The first-order valence-corrected chi connectivity index (χ1v) is 6.72. The molecule has 1 rings (SSSR count). The minimum atomic E-state index is -0.731. The molecule has 1 aliphatic rings. The molecule has 0 aromatic carbocycles. The van der Waals surface area contributed by atoms with E-state index in [1.165, 1.54) is 25.7 Å². The van der Waals surface area contributed by atoms with Crippen molar-refractivity contribution in [3.05, 3.63) is 0 Å². The first-order chi connectivity index (χ1) is 8.24. The zero-order chi connectivity index (χ0) is 12.5. The van der Waals surface area contributed by atoms with Crippen LogP contribution in [0.15, 0.2) is 0 Å². The van der Waals surface area contributed by atoms with Gasteiger partial charge in [0.25, 0.3) is 0 Å². The Labute approximate surface area is 104 Å². The molecule has 4 heteroatoms. The molecule has 0 bridgehead atoms. The number of carboxylic acids is 1. The molecule has 0 spiro atoms. The lowest BCUT2D eigenvalue weighted by molar-refractivity contribution is -0.140. The van der Waals surface area contributed by atoms with Gasteiger partial charge in [-0.25, -0.2) is 0 Å². The van der Waals surface area contributed by atoms with Crippen LogP contribution in [0.5, 0.6) is 0 Å². The number of aliphatic carboxylic acids is 1. The van der Waals surface area contributed by atoms with E-state index in [0.29, 0.717) is 19.1 Å². The van der Waals surface area contributed by atoms with E-state index in [4.69, 9.17) is 4.74 Å². The highest BCUT2D eigenvalue weighted by atomic mass is 16.5. The number of hydrogen-bond donors (Lipinski definition) is 2. The summed E-state index contributed by atoms with van der Waals surface area (Å²) in [5, 5.41) is 12.5. The largest absolute Gasteiger partial charge is 0.480 e. The molecule has 0 heterocycles. The molecule has 0 aromatic rings. The van der Waals surface area contributed by atoms with Crippen LogP contribution in [0.3, 0.4) is 0 Å². The lowest BCUT2D eigenvalue weighted by Gasteiger charge is -2.22. The fourth-order valence-corrected chi connectivity index (χ4v) is 2.44. The smallest absolute Gasteiger partial charge is 0.320 e. The Morgan fingerprint density at radius 3 is 2.53 bits per heavy atom. The number of carbonyl (C=O) groups is 1. The van der Waals surface area contributed by atoms with Crippen molar-refractivity contribution < 1.29 is 14.6 Å². The quantitative estimate of drug-likeness (QED) is 0.531. The second kappa shape index (κ2) is 8.48. The van der Waals surface area contributed by atoms with Gasteiger partial charge in [0.15, 0.2) is 0 Å². The van der Waals surface area contributed by atoms with Gasteiger partial charge in [-0.1, -0.05) is 25.7 Å². The van der Waals surface area contributed by atoms with Gasteiger partial charge in [0, 0.05) is 19.8 Å². The van der Waals surface area contributed by atoms with E-state index in [2.05, 4.69) is 5.32 Å². The Bertz CT molecular complexity index is 213. The molecule has 1 fully saturated rings. The van der Waals surface area contributed by atoms with Crippen molar-refractivity contribution in [1.29, 1.82) is 0 Å². The van der Waals surface area contributed by atoms with Gasteiger partial charge in [0.05, 0.1) is 0 Å². The maximum absolute atomic E-state index is 11.1. The maximum atomic E-state index is 11.1. The highest BCUT2D eigenvalue weighted by Crippen LogP contribution is 2.18. The second-order valence-electron chi connectivity index (χ2n) is 4.88. The van der Waals surface area contributed by atoms with Gasteiger partial charge in [0.2, 0.25) is 0 Å². The van der Waals surface area contributed by atoms with E-state index in [1.807, 2.05) is 0 Å². The van der Waals surface area contributed by atoms with Crippen molar-refractivity contribution in [2.45, 2.75) is 63.5 Å². The molecule has 100 valence electrons. The van der Waals surface area contributed by atoms with Crippen molar-refractivity contribution in [3.63, 3.8) is 0 Å². The molecule has 0 saturated heterocycles. The molecular formula is C13H25NO3. The summed E-state index contributed by atoms with van der Waals surface area (Å²) in [5.41, 5.74) is 0. The van der Waals surface area contributed by atoms with E-state index >= 15 is 0 Å². The molecule has 4 nitrogen and oxygen atoms in total. The SMILES string of the molecule is COCCCC(NC1CCCCCC1)C(=O)O. The Morgan fingerprint density at radius 1 is 1.35 bits per heavy atom. The van der Waals surface area contributed by atoms with E-state index in [-0.39, 0.29) is 0 Å². The lowest BCUT2D eigenvalue weighted by atomic mass is 10.1. The Hall–Kier alpha value is -0.610. The molecule has 1 aliphatic carbocycles. The Kier molecular flexibility index (Phi) is 7.21. The van der Waals surface area contributed by atoms with E-state index in [1.54, 1.807) is 7.11 Å². The third kappa shape index (κ3) is 6.03. The zero-order valence-electron chi connectivity index (χ0n) is 10.8. The van der Waals surface area contributed by atoms with E-state index in [9.17, 15) is 9.90 Å². The fraction of sp³-hybridized carbons (Fsp3) is 0.923. The van der Waals surface area contributed by atoms with Crippen LogP contribution < -0.4 is 5.32 Å². The monoisotopic (exact) mass is 243 g/mol. The molecule has 0 aliphatic heterocycles. The van der Waals surface area contributed by atoms with Gasteiger partial charge in [-0.15, -0.1) is 0 Å². The topological polar surface area (TPSA) is 58.6 Å². The summed E-state index contributed by atoms with van der Waals surface area (Å²) in [4.78, 5) is 11.1. The predicted molar refractivity (Wildman–Crippen MR) is 67.2 cm³/mol. The molecule has 2 N–H and O–H groups in total. The molecule has 17 heavy (non-hydrogen) atoms. The second-order valence-corrected chi connectivity index (χ2v) is 4.88. The van der Waals surface area contributed by atoms with Crippen LogP contribution in [0.2, 0.25) is 0 Å². The van der Waals surface area contributed by atoms with Crippen molar-refractivity contribution in [2.75, 3.05) is 13.7 Å². The third-order valence-corrected chi connectivity index (χ3v) is 3.43. The maximum Gasteiger partial charge on any atom is 0.320 e. The van der Waals surface area contributed by atoms with Crippen molar-refractivity contribution in [2.24, 2.45) is 0 Å². The summed E-state index contributed by atoms with van der Waals surface area (Å²) in [6.07, 6.45) is 8.72. The number of methoxy groups -OCH3 is 1. The van der Waals surface area contributed by atoms with Crippen LogP contribution in [0.4, 0.5) is 0 Å². The van der Waals surface area contributed by atoms with Gasteiger partial charge in [0.1, 0.15) is 6.04 Å². The normalized spacial score (nSPS) is 19.8. The number of nitrogens with one attached hydrogen (secondary N) is 1. The van der Waals surface area contributed by atoms with Gasteiger partial charge >= 0.3 is 5.97 Å². The number of ether oxygens (including phenoxy) is 1. The minimum Gasteiger partial charge on any atom is -0.480 e. The first-order valence-electron chi connectivity index (χ1n) is 6.72. The first kappa shape index (κ1) is 14.5. The summed E-state index contributed by atoms with van der Waals surface area (Å²) in [6, 6.07) is -0.0191. The van der Waals surface area contributed by atoms with Crippen LogP contribution >= 0.6 is 0 Å². The zero-order valence-corrected chi connectivity index (χ0v) is 10.8. The van der Waals surface area contributed by atoms with E-state index < -0.39 is 12.0 Å². The standard InChI is InChI=1S/C13H25NO3/c1-17-10-6-9-12(13(15)16)14-11-7-4-2-3-5-8-11/h11-12,14H,2-10H2,1H3,(H,15,16). The number of carboxylic acid groups (broad SMARTS) is 1. The third-order valence-electron chi connectivity index (χ3n) is 3.43. The summed E-state index contributed by atoms with van der Waals surface area (Å²) in [7, 11) is 1.65. The summed E-state index contributed by atoms with van der Waals surface area (Å²) in [6.45, 7) is 0.635.